The van der Waals surface area contributed by atoms with Crippen molar-refractivity contribution in [1.82, 2.24) is 4.98 Å². The molecule has 1 N–H and O–H groups in total. The average Bonchev–Trinajstić information content (AvgIpc) is 2.66. The summed E-state index contributed by atoms with van der Waals surface area (Å²) in [6.45, 7) is 6.63. The molecule has 0 saturated heterocycles. The third-order valence-electron chi connectivity index (χ3n) is 6.06. The van der Waals surface area contributed by atoms with Crippen LogP contribution in [0.25, 0.3) is 11.3 Å². The minimum atomic E-state index is -4.35. The molecule has 1 aliphatic rings. The highest BCUT2D eigenvalue weighted by atomic mass is 19.4. The molecule has 28 heavy (non-hydrogen) atoms. The summed E-state index contributed by atoms with van der Waals surface area (Å²) in [5.41, 5.74) is 1.11. The number of nitrogens with zero attached hydrogens (tertiary/aromatic N) is 1. The highest BCUT2D eigenvalue weighted by Crippen LogP contribution is 2.44. The van der Waals surface area contributed by atoms with Crippen molar-refractivity contribution in [3.05, 3.63) is 53.7 Å². The third-order valence-corrected chi connectivity index (χ3v) is 6.06. The highest BCUT2D eigenvalue weighted by Gasteiger charge is 2.36. The van der Waals surface area contributed by atoms with E-state index in [1.54, 1.807) is 6.07 Å². The summed E-state index contributed by atoms with van der Waals surface area (Å²) < 4.78 is 38.3. The molecular formula is C23H28F3NO. The molecule has 0 radical (unpaired) electrons. The minimum absolute atomic E-state index is 0.152. The summed E-state index contributed by atoms with van der Waals surface area (Å²) in [4.78, 5) is 4.60. The first-order valence-corrected chi connectivity index (χ1v) is 9.99. The maximum atomic E-state index is 12.8. The van der Waals surface area contributed by atoms with E-state index in [1.165, 1.54) is 18.6 Å². The van der Waals surface area contributed by atoms with Crippen molar-refractivity contribution in [2.75, 3.05) is 0 Å². The zero-order valence-electron chi connectivity index (χ0n) is 16.6. The molecule has 3 rings (SSSR count). The number of benzene rings is 1. The van der Waals surface area contributed by atoms with E-state index in [1.807, 2.05) is 12.1 Å². The van der Waals surface area contributed by atoms with Crippen LogP contribution in [-0.4, -0.2) is 10.1 Å². The average molecular weight is 391 g/mol. The van der Waals surface area contributed by atoms with Crippen LogP contribution in [0.5, 0.6) is 0 Å². The minimum Gasteiger partial charge on any atom is -0.387 e. The van der Waals surface area contributed by atoms with E-state index in [-0.39, 0.29) is 5.92 Å². The van der Waals surface area contributed by atoms with Crippen LogP contribution in [0.1, 0.15) is 57.4 Å². The van der Waals surface area contributed by atoms with Crippen LogP contribution >= 0.6 is 0 Å². The molecule has 0 bridgehead atoms. The van der Waals surface area contributed by atoms with Crippen molar-refractivity contribution in [3.63, 3.8) is 0 Å². The fourth-order valence-corrected chi connectivity index (χ4v) is 4.47. The Balaban J connectivity index is 1.86. The van der Waals surface area contributed by atoms with Crippen LogP contribution in [-0.2, 0) is 6.18 Å². The number of hydrogen-bond donors (Lipinski definition) is 1. The van der Waals surface area contributed by atoms with Crippen molar-refractivity contribution in [1.29, 1.82) is 0 Å². The van der Waals surface area contributed by atoms with Gasteiger partial charge in [0.15, 0.2) is 0 Å². The summed E-state index contributed by atoms with van der Waals surface area (Å²) >= 11 is 0. The summed E-state index contributed by atoms with van der Waals surface area (Å²) in [7, 11) is 0. The number of rotatable bonds is 4. The first kappa shape index (κ1) is 20.8. The summed E-state index contributed by atoms with van der Waals surface area (Å²) in [5.74, 6) is 1.67. The number of alkyl halides is 3. The first-order valence-electron chi connectivity index (χ1n) is 9.99. The number of aliphatic hydroxyl groups excluding tert-OH is 1. The van der Waals surface area contributed by atoms with Gasteiger partial charge in [-0.2, -0.15) is 13.2 Å². The molecule has 1 heterocycles. The zero-order chi connectivity index (χ0) is 20.5. The Labute approximate surface area is 164 Å². The van der Waals surface area contributed by atoms with Crippen LogP contribution in [0.15, 0.2) is 42.5 Å². The van der Waals surface area contributed by atoms with Gasteiger partial charge in [-0.3, -0.25) is 4.98 Å². The molecule has 0 spiro atoms. The molecule has 2 aromatic rings. The van der Waals surface area contributed by atoms with Gasteiger partial charge in [-0.05, 0) is 60.8 Å². The van der Waals surface area contributed by atoms with Gasteiger partial charge in [-0.15, -0.1) is 0 Å². The number of aromatic nitrogens is 1. The van der Waals surface area contributed by atoms with Crippen molar-refractivity contribution in [2.24, 2.45) is 23.7 Å². The second-order valence-corrected chi connectivity index (χ2v) is 8.46. The van der Waals surface area contributed by atoms with Crippen LogP contribution in [0, 0.1) is 23.7 Å². The molecule has 4 atom stereocenters. The number of aliphatic hydroxyl groups is 1. The van der Waals surface area contributed by atoms with E-state index in [2.05, 4.69) is 25.8 Å². The molecule has 1 aliphatic carbocycles. The van der Waals surface area contributed by atoms with E-state index >= 15 is 0 Å². The van der Waals surface area contributed by atoms with Crippen molar-refractivity contribution in [2.45, 2.75) is 52.3 Å². The van der Waals surface area contributed by atoms with Crippen molar-refractivity contribution >= 4 is 0 Å². The molecule has 1 aromatic carbocycles. The molecule has 2 nitrogen and oxygen atoms in total. The summed E-state index contributed by atoms with van der Waals surface area (Å²) in [6.07, 6.45) is -1.75. The maximum absolute atomic E-state index is 12.8. The Morgan fingerprint density at radius 2 is 1.68 bits per heavy atom. The second-order valence-electron chi connectivity index (χ2n) is 8.46. The van der Waals surface area contributed by atoms with Gasteiger partial charge in [0, 0.05) is 5.56 Å². The first-order chi connectivity index (χ1) is 13.2. The lowest BCUT2D eigenvalue weighted by atomic mass is 9.67. The molecule has 0 unspecified atom stereocenters. The molecule has 5 heteroatoms. The smallest absolute Gasteiger partial charge is 0.387 e. The predicted molar refractivity (Wildman–Crippen MR) is 104 cm³/mol. The van der Waals surface area contributed by atoms with Crippen LogP contribution < -0.4 is 0 Å². The molecule has 1 aromatic heterocycles. The zero-order valence-corrected chi connectivity index (χ0v) is 16.6. The van der Waals surface area contributed by atoms with Gasteiger partial charge < -0.3 is 5.11 Å². The Morgan fingerprint density at radius 3 is 2.29 bits per heavy atom. The van der Waals surface area contributed by atoms with Gasteiger partial charge in [0.2, 0.25) is 0 Å². The summed E-state index contributed by atoms with van der Waals surface area (Å²) in [5, 5.41) is 11.1. The number of hydrogen-bond acceptors (Lipinski definition) is 2. The lowest BCUT2D eigenvalue weighted by molar-refractivity contribution is -0.137. The standard InChI is InChI=1S/C23H28F3NO/c1-14(2)18-12-7-15(3)13-19(18)22(28)21-6-4-5-20(27-21)16-8-10-17(11-9-16)23(24,25)26/h4-6,8-11,14-15,18-19,22,28H,7,12-13H2,1-3H3/t15-,18+,19+,22+/m1/s1. The van der Waals surface area contributed by atoms with Gasteiger partial charge in [0.1, 0.15) is 0 Å². The van der Waals surface area contributed by atoms with Gasteiger partial charge >= 0.3 is 6.18 Å². The molecule has 1 saturated carbocycles. The summed E-state index contributed by atoms with van der Waals surface area (Å²) in [6, 6.07) is 10.4. The van der Waals surface area contributed by atoms with Crippen LogP contribution in [0.2, 0.25) is 0 Å². The SMILES string of the molecule is CC(C)[C@@H]1CC[C@@H](C)C[C@@H]1[C@H](O)c1cccc(-c2ccc(C(F)(F)F)cc2)n1. The van der Waals surface area contributed by atoms with E-state index in [9.17, 15) is 18.3 Å². The number of pyridine rings is 1. The fourth-order valence-electron chi connectivity index (χ4n) is 4.47. The van der Waals surface area contributed by atoms with Crippen molar-refractivity contribution in [3.8, 4) is 11.3 Å². The Kier molecular flexibility index (Phi) is 6.13. The highest BCUT2D eigenvalue weighted by molar-refractivity contribution is 5.59. The normalized spacial score (nSPS) is 24.4. The van der Waals surface area contributed by atoms with E-state index in [0.29, 0.717) is 34.7 Å². The van der Waals surface area contributed by atoms with Crippen LogP contribution in [0.4, 0.5) is 13.2 Å². The van der Waals surface area contributed by atoms with Gasteiger partial charge in [-0.25, -0.2) is 0 Å². The van der Waals surface area contributed by atoms with Gasteiger partial charge in [0.25, 0.3) is 0 Å². The Bertz CT molecular complexity index is 785. The number of halogens is 3. The Morgan fingerprint density at radius 1 is 1.00 bits per heavy atom. The van der Waals surface area contributed by atoms with E-state index in [4.69, 9.17) is 0 Å². The lowest BCUT2D eigenvalue weighted by Crippen LogP contribution is -2.32. The monoisotopic (exact) mass is 391 g/mol. The lowest BCUT2D eigenvalue weighted by Gasteiger charge is -2.39. The topological polar surface area (TPSA) is 33.1 Å². The molecule has 0 amide bonds. The molecule has 1 fully saturated rings. The van der Waals surface area contributed by atoms with Gasteiger partial charge in [0.05, 0.1) is 23.1 Å². The largest absolute Gasteiger partial charge is 0.416 e. The predicted octanol–water partition coefficient (Wildman–Crippen LogP) is 6.51. The van der Waals surface area contributed by atoms with Gasteiger partial charge in [-0.1, -0.05) is 45.4 Å². The van der Waals surface area contributed by atoms with Crippen molar-refractivity contribution < 1.29 is 18.3 Å². The van der Waals surface area contributed by atoms with Crippen LogP contribution in [0.3, 0.4) is 0 Å². The Hall–Kier alpha value is -1.88. The molecule has 152 valence electrons. The molecule has 0 aliphatic heterocycles. The quantitative estimate of drug-likeness (QED) is 0.644. The van der Waals surface area contributed by atoms with E-state index in [0.717, 1.165) is 25.0 Å². The fraction of sp³-hybridized carbons (Fsp3) is 0.522. The maximum Gasteiger partial charge on any atom is 0.416 e. The van der Waals surface area contributed by atoms with E-state index < -0.39 is 17.8 Å². The molecular weight excluding hydrogens is 363 g/mol. The third kappa shape index (κ3) is 4.57. The second kappa shape index (κ2) is 8.24.